The third-order valence-corrected chi connectivity index (χ3v) is 3.24. The zero-order chi connectivity index (χ0) is 12.8. The van der Waals surface area contributed by atoms with Gasteiger partial charge in [-0.1, -0.05) is 0 Å². The van der Waals surface area contributed by atoms with Crippen molar-refractivity contribution in [3.63, 3.8) is 0 Å². The van der Waals surface area contributed by atoms with Crippen LogP contribution < -0.4 is 5.32 Å². The number of nitrogens with one attached hydrogen (secondary N) is 1. The summed E-state index contributed by atoms with van der Waals surface area (Å²) in [5.74, 6) is 0.545. The summed E-state index contributed by atoms with van der Waals surface area (Å²) in [6, 6.07) is 0. The highest BCUT2D eigenvalue weighted by Gasteiger charge is 2.23. The van der Waals surface area contributed by atoms with E-state index in [1.54, 1.807) is 16.8 Å². The number of rotatable bonds is 6. The Balaban J connectivity index is 2.33. The molecule has 2 amide bonds. The molecule has 0 radical (unpaired) electrons. The first kappa shape index (κ1) is 14.0. The van der Waals surface area contributed by atoms with Crippen molar-refractivity contribution in [2.24, 2.45) is 5.92 Å². The summed E-state index contributed by atoms with van der Waals surface area (Å²) < 4.78 is 0. The number of amides is 2. The maximum atomic E-state index is 11.8. The van der Waals surface area contributed by atoms with Crippen molar-refractivity contribution in [1.82, 2.24) is 15.1 Å². The minimum Gasteiger partial charge on any atom is -0.342 e. The first-order valence-electron chi connectivity index (χ1n) is 6.30. The molecule has 0 atom stereocenters. The molecule has 0 aromatic carbocycles. The van der Waals surface area contributed by atoms with E-state index in [2.05, 4.69) is 5.32 Å². The SMILES string of the molecule is CCN(CC)C(=O)CN(C)C(=O)CC1CNC1. The van der Waals surface area contributed by atoms with Crippen molar-refractivity contribution in [3.8, 4) is 0 Å². The highest BCUT2D eigenvalue weighted by molar-refractivity contribution is 5.84. The number of carbonyl (C=O) groups excluding carboxylic acids is 2. The van der Waals surface area contributed by atoms with E-state index in [0.717, 1.165) is 13.1 Å². The average molecular weight is 241 g/mol. The molecular formula is C12H23N3O2. The van der Waals surface area contributed by atoms with Gasteiger partial charge in [-0.15, -0.1) is 0 Å². The third kappa shape index (κ3) is 4.00. The Kier molecular flexibility index (Phi) is 5.41. The monoisotopic (exact) mass is 241 g/mol. The lowest BCUT2D eigenvalue weighted by Crippen LogP contribution is -2.46. The van der Waals surface area contributed by atoms with Gasteiger partial charge in [0.1, 0.15) is 0 Å². The molecule has 1 rings (SSSR count). The zero-order valence-electron chi connectivity index (χ0n) is 11.0. The van der Waals surface area contributed by atoms with Crippen molar-refractivity contribution < 1.29 is 9.59 Å². The second-order valence-corrected chi connectivity index (χ2v) is 4.54. The highest BCUT2D eigenvalue weighted by Crippen LogP contribution is 2.09. The van der Waals surface area contributed by atoms with E-state index in [1.165, 1.54) is 0 Å². The Morgan fingerprint density at radius 2 is 1.76 bits per heavy atom. The molecule has 5 heteroatoms. The molecule has 0 aliphatic carbocycles. The Morgan fingerprint density at radius 3 is 2.18 bits per heavy atom. The molecule has 0 bridgehead atoms. The standard InChI is InChI=1S/C12H23N3O2/c1-4-15(5-2)12(17)9-14(3)11(16)6-10-7-13-8-10/h10,13H,4-9H2,1-3H3. The van der Waals surface area contributed by atoms with E-state index in [4.69, 9.17) is 0 Å². The smallest absolute Gasteiger partial charge is 0.242 e. The second kappa shape index (κ2) is 6.59. The van der Waals surface area contributed by atoms with Crippen molar-refractivity contribution >= 4 is 11.8 Å². The zero-order valence-corrected chi connectivity index (χ0v) is 11.0. The summed E-state index contributed by atoms with van der Waals surface area (Å²) in [6.45, 7) is 7.33. The lowest BCUT2D eigenvalue weighted by atomic mass is 9.99. The van der Waals surface area contributed by atoms with Gasteiger partial charge in [0.2, 0.25) is 11.8 Å². The molecule has 1 saturated heterocycles. The molecule has 98 valence electrons. The molecule has 1 fully saturated rings. The van der Waals surface area contributed by atoms with Gasteiger partial charge >= 0.3 is 0 Å². The predicted molar refractivity (Wildman–Crippen MR) is 66.5 cm³/mol. The van der Waals surface area contributed by atoms with Gasteiger partial charge in [0.15, 0.2) is 0 Å². The predicted octanol–water partition coefficient (Wildman–Crippen LogP) is -0.0773. The van der Waals surface area contributed by atoms with Crippen LogP contribution in [0.4, 0.5) is 0 Å². The molecule has 5 nitrogen and oxygen atoms in total. The normalized spacial score (nSPS) is 15.2. The van der Waals surface area contributed by atoms with E-state index >= 15 is 0 Å². The fourth-order valence-corrected chi connectivity index (χ4v) is 1.86. The van der Waals surface area contributed by atoms with Crippen LogP contribution in [0, 0.1) is 5.92 Å². The van der Waals surface area contributed by atoms with Gasteiger partial charge in [0, 0.05) is 26.6 Å². The second-order valence-electron chi connectivity index (χ2n) is 4.54. The minimum atomic E-state index is 0.0255. The molecule has 1 N–H and O–H groups in total. The summed E-state index contributed by atoms with van der Waals surface area (Å²) in [7, 11) is 1.70. The summed E-state index contributed by atoms with van der Waals surface area (Å²) in [5.41, 5.74) is 0. The molecule has 0 unspecified atom stereocenters. The fourth-order valence-electron chi connectivity index (χ4n) is 1.86. The van der Waals surface area contributed by atoms with Crippen LogP contribution in [0.1, 0.15) is 20.3 Å². The summed E-state index contributed by atoms with van der Waals surface area (Å²) >= 11 is 0. The van der Waals surface area contributed by atoms with Gasteiger partial charge in [-0.05, 0) is 32.9 Å². The molecule has 17 heavy (non-hydrogen) atoms. The average Bonchev–Trinajstić information content (AvgIpc) is 2.24. The van der Waals surface area contributed by atoms with Crippen molar-refractivity contribution in [3.05, 3.63) is 0 Å². The van der Waals surface area contributed by atoms with Crippen LogP contribution >= 0.6 is 0 Å². The molecule has 0 aromatic heterocycles. The largest absolute Gasteiger partial charge is 0.342 e. The maximum absolute atomic E-state index is 11.8. The quantitative estimate of drug-likeness (QED) is 0.708. The van der Waals surface area contributed by atoms with Gasteiger partial charge in [-0.25, -0.2) is 0 Å². The third-order valence-electron chi connectivity index (χ3n) is 3.24. The van der Waals surface area contributed by atoms with Crippen LogP contribution in [-0.2, 0) is 9.59 Å². The topological polar surface area (TPSA) is 52.7 Å². The van der Waals surface area contributed by atoms with Crippen LogP contribution in [-0.4, -0.2) is 61.4 Å². The Labute approximate surface area is 103 Å². The number of hydrogen-bond donors (Lipinski definition) is 1. The van der Waals surface area contributed by atoms with Crippen molar-refractivity contribution in [2.45, 2.75) is 20.3 Å². The van der Waals surface area contributed by atoms with E-state index in [-0.39, 0.29) is 18.4 Å². The molecular weight excluding hydrogens is 218 g/mol. The molecule has 1 aliphatic rings. The van der Waals surface area contributed by atoms with E-state index in [9.17, 15) is 9.59 Å². The maximum Gasteiger partial charge on any atom is 0.242 e. The van der Waals surface area contributed by atoms with Crippen LogP contribution in [0.3, 0.4) is 0 Å². The molecule has 1 aliphatic heterocycles. The van der Waals surface area contributed by atoms with Gasteiger partial charge in [-0.2, -0.15) is 0 Å². The van der Waals surface area contributed by atoms with E-state index < -0.39 is 0 Å². The molecule has 0 spiro atoms. The van der Waals surface area contributed by atoms with Crippen LogP contribution in [0.2, 0.25) is 0 Å². The Hall–Kier alpha value is -1.10. The van der Waals surface area contributed by atoms with Gasteiger partial charge in [0.25, 0.3) is 0 Å². The van der Waals surface area contributed by atoms with E-state index in [0.29, 0.717) is 25.4 Å². The van der Waals surface area contributed by atoms with E-state index in [1.807, 2.05) is 13.8 Å². The molecule has 1 heterocycles. The van der Waals surface area contributed by atoms with Gasteiger partial charge in [0.05, 0.1) is 6.54 Å². The van der Waals surface area contributed by atoms with Gasteiger partial charge < -0.3 is 15.1 Å². The Bertz CT molecular complexity index is 273. The summed E-state index contributed by atoms with van der Waals surface area (Å²) in [4.78, 5) is 26.9. The van der Waals surface area contributed by atoms with Crippen LogP contribution in [0.25, 0.3) is 0 Å². The summed E-state index contributed by atoms with van der Waals surface area (Å²) in [5, 5.41) is 3.14. The minimum absolute atomic E-state index is 0.0255. The van der Waals surface area contributed by atoms with Crippen LogP contribution in [0.15, 0.2) is 0 Å². The summed E-state index contributed by atoms with van der Waals surface area (Å²) in [6.07, 6.45) is 0.551. The lowest BCUT2D eigenvalue weighted by molar-refractivity contribution is -0.139. The number of nitrogens with zero attached hydrogens (tertiary/aromatic N) is 2. The van der Waals surface area contributed by atoms with Crippen molar-refractivity contribution in [2.75, 3.05) is 39.8 Å². The first-order valence-corrected chi connectivity index (χ1v) is 6.30. The number of hydrogen-bond acceptors (Lipinski definition) is 3. The van der Waals surface area contributed by atoms with Crippen molar-refractivity contribution in [1.29, 1.82) is 0 Å². The Morgan fingerprint density at radius 1 is 1.18 bits per heavy atom. The highest BCUT2D eigenvalue weighted by atomic mass is 16.2. The molecule has 0 aromatic rings. The fraction of sp³-hybridized carbons (Fsp3) is 0.833. The molecule has 0 saturated carbocycles. The number of carbonyl (C=O) groups is 2. The first-order chi connectivity index (χ1) is 8.08. The van der Waals surface area contributed by atoms with Crippen LogP contribution in [0.5, 0.6) is 0 Å². The van der Waals surface area contributed by atoms with Gasteiger partial charge in [-0.3, -0.25) is 9.59 Å². The number of likely N-dealkylation sites (N-methyl/N-ethyl adjacent to an activating group) is 2. The lowest BCUT2D eigenvalue weighted by Gasteiger charge is -2.29.